The molecule has 0 unspecified atom stereocenters. The quantitative estimate of drug-likeness (QED) is 0.395. The van der Waals surface area contributed by atoms with Crippen LogP contribution in [0.4, 0.5) is 24.5 Å². The molecule has 30 heavy (non-hydrogen) atoms. The Hall–Kier alpha value is -3.47. The molecular weight excluding hydrogens is 382 g/mol. The van der Waals surface area contributed by atoms with Crippen molar-refractivity contribution in [3.8, 4) is 11.1 Å². The molecule has 1 aliphatic heterocycles. The van der Waals surface area contributed by atoms with Gasteiger partial charge < -0.3 is 4.81 Å². The van der Waals surface area contributed by atoms with Gasteiger partial charge in [-0.3, -0.25) is 0 Å². The molecule has 5 heteroatoms. The van der Waals surface area contributed by atoms with Crippen molar-refractivity contribution in [2.75, 3.05) is 4.81 Å². The molecule has 0 aromatic heterocycles. The van der Waals surface area contributed by atoms with Crippen molar-refractivity contribution >= 4 is 29.1 Å². The number of halogens is 3. The summed E-state index contributed by atoms with van der Waals surface area (Å²) in [4.78, 5) is 2.02. The number of rotatable bonds is 2. The minimum absolute atomic E-state index is 0.235. The monoisotopic (exact) mass is 399 g/mol. The molecule has 0 N–H and O–H groups in total. The zero-order valence-corrected chi connectivity index (χ0v) is 16.0. The third-order valence-corrected chi connectivity index (χ3v) is 5.53. The van der Waals surface area contributed by atoms with Gasteiger partial charge in [0, 0.05) is 16.9 Å². The summed E-state index contributed by atoms with van der Waals surface area (Å²) in [6.45, 7) is -0.235. The number of alkyl halides is 3. The van der Waals surface area contributed by atoms with Gasteiger partial charge in [0.05, 0.1) is 5.56 Å². The Bertz CT molecular complexity index is 1200. The Labute approximate surface area is 173 Å². The molecule has 1 aliphatic rings. The van der Waals surface area contributed by atoms with E-state index in [0.717, 1.165) is 33.8 Å². The number of fused-ring (bicyclic) bond motifs is 3. The van der Waals surface area contributed by atoms with Gasteiger partial charge in [-0.1, -0.05) is 84.3 Å². The van der Waals surface area contributed by atoms with Gasteiger partial charge in [-0.25, -0.2) is 0 Å². The molecule has 1 nitrogen and oxygen atoms in total. The first kappa shape index (κ1) is 18.6. The molecule has 146 valence electrons. The van der Waals surface area contributed by atoms with Gasteiger partial charge in [-0.2, -0.15) is 13.2 Å². The van der Waals surface area contributed by atoms with Crippen molar-refractivity contribution in [1.82, 2.24) is 0 Å². The van der Waals surface area contributed by atoms with Crippen molar-refractivity contribution in [2.24, 2.45) is 0 Å². The third kappa shape index (κ3) is 3.07. The minimum Gasteiger partial charge on any atom is -0.376 e. The van der Waals surface area contributed by atoms with Crippen LogP contribution in [0.1, 0.15) is 5.56 Å². The summed E-state index contributed by atoms with van der Waals surface area (Å²) in [6.07, 6.45) is -4.40. The number of nitrogens with zero attached hydrogens (tertiary/aromatic N) is 1. The lowest BCUT2D eigenvalue weighted by Gasteiger charge is -2.39. The van der Waals surface area contributed by atoms with Gasteiger partial charge in [-0.15, -0.1) is 0 Å². The average molecular weight is 399 g/mol. The van der Waals surface area contributed by atoms with E-state index in [-0.39, 0.29) is 6.85 Å². The normalized spacial score (nSPS) is 13.0. The van der Waals surface area contributed by atoms with Crippen LogP contribution in [0.5, 0.6) is 0 Å². The van der Waals surface area contributed by atoms with Crippen LogP contribution in [0, 0.1) is 0 Å². The summed E-state index contributed by atoms with van der Waals surface area (Å²) in [7, 11) is 0. The molecular formula is C25H17BF3N. The van der Waals surface area contributed by atoms with Crippen LogP contribution in [0.3, 0.4) is 0 Å². The average Bonchev–Trinajstić information content (AvgIpc) is 2.78. The molecule has 0 atom stereocenters. The van der Waals surface area contributed by atoms with Crippen LogP contribution in [0.2, 0.25) is 0 Å². The van der Waals surface area contributed by atoms with Crippen molar-refractivity contribution in [3.05, 3.63) is 109 Å². The Morgan fingerprint density at radius 3 is 2.07 bits per heavy atom. The zero-order chi connectivity index (χ0) is 20.7. The predicted octanol–water partition coefficient (Wildman–Crippen LogP) is 5.63. The van der Waals surface area contributed by atoms with Crippen LogP contribution >= 0.6 is 0 Å². The molecule has 0 saturated heterocycles. The van der Waals surface area contributed by atoms with Gasteiger partial charge in [0.25, 0.3) is 0 Å². The maximum absolute atomic E-state index is 13.5. The van der Waals surface area contributed by atoms with Crippen molar-refractivity contribution in [2.45, 2.75) is 6.18 Å². The Kier molecular flexibility index (Phi) is 4.39. The lowest BCUT2D eigenvalue weighted by atomic mass is 9.46. The fourth-order valence-corrected chi connectivity index (χ4v) is 4.25. The summed E-state index contributed by atoms with van der Waals surface area (Å²) >= 11 is 0. The maximum atomic E-state index is 13.5. The SMILES string of the molecule is FC(F)(F)c1cccc(N2B(c3ccccc3)c3ccccc3-c3ccccc32)c1. The topological polar surface area (TPSA) is 3.24 Å². The molecule has 4 aromatic carbocycles. The molecule has 4 aromatic rings. The van der Waals surface area contributed by atoms with Crippen LogP contribution in [-0.2, 0) is 6.18 Å². The minimum atomic E-state index is -4.40. The highest BCUT2D eigenvalue weighted by Gasteiger charge is 2.38. The number of anilines is 2. The van der Waals surface area contributed by atoms with E-state index in [2.05, 4.69) is 12.1 Å². The maximum Gasteiger partial charge on any atom is 0.416 e. The Balaban J connectivity index is 1.80. The van der Waals surface area contributed by atoms with E-state index >= 15 is 0 Å². The molecule has 5 rings (SSSR count). The first-order valence-electron chi connectivity index (χ1n) is 9.74. The van der Waals surface area contributed by atoms with Crippen LogP contribution in [0.15, 0.2) is 103 Å². The molecule has 0 saturated carbocycles. The number of para-hydroxylation sites is 1. The summed E-state index contributed by atoms with van der Waals surface area (Å²) in [5.41, 5.74) is 4.97. The molecule has 0 bridgehead atoms. The molecule has 0 amide bonds. The Morgan fingerprint density at radius 2 is 1.30 bits per heavy atom. The molecule has 0 spiro atoms. The highest BCUT2D eigenvalue weighted by Crippen LogP contribution is 2.40. The van der Waals surface area contributed by atoms with E-state index in [9.17, 15) is 13.2 Å². The van der Waals surface area contributed by atoms with Gasteiger partial charge >= 0.3 is 13.0 Å². The van der Waals surface area contributed by atoms with Crippen LogP contribution in [-0.4, -0.2) is 6.85 Å². The van der Waals surface area contributed by atoms with E-state index in [1.54, 1.807) is 6.07 Å². The predicted molar refractivity (Wildman–Crippen MR) is 117 cm³/mol. The van der Waals surface area contributed by atoms with Crippen LogP contribution < -0.4 is 15.7 Å². The van der Waals surface area contributed by atoms with Crippen LogP contribution in [0.25, 0.3) is 11.1 Å². The summed E-state index contributed by atoms with van der Waals surface area (Å²) < 4.78 is 40.4. The lowest BCUT2D eigenvalue weighted by Crippen LogP contribution is -2.57. The Morgan fingerprint density at radius 1 is 0.633 bits per heavy atom. The first-order valence-corrected chi connectivity index (χ1v) is 9.74. The fraction of sp³-hybridized carbons (Fsp3) is 0.0400. The number of hydrogen-bond acceptors (Lipinski definition) is 1. The van der Waals surface area contributed by atoms with Gasteiger partial charge in [-0.05, 0) is 35.3 Å². The second kappa shape index (κ2) is 7.10. The van der Waals surface area contributed by atoms with Gasteiger partial charge in [0.1, 0.15) is 0 Å². The fourth-order valence-electron chi connectivity index (χ4n) is 4.25. The highest BCUT2D eigenvalue weighted by atomic mass is 19.4. The standard InChI is InChI=1S/C25H17BF3N/c27-25(28,29)18-9-8-12-20(17-18)30-24-16-7-5-14-22(24)21-13-4-6-15-23(21)26(30)19-10-2-1-3-11-19/h1-17H. The van der Waals surface area contributed by atoms with E-state index in [1.807, 2.05) is 71.5 Å². The lowest BCUT2D eigenvalue weighted by molar-refractivity contribution is -0.137. The molecule has 0 fully saturated rings. The van der Waals surface area contributed by atoms with E-state index in [0.29, 0.717) is 5.69 Å². The summed E-state index contributed by atoms with van der Waals surface area (Å²) in [5, 5.41) is 0. The van der Waals surface area contributed by atoms with E-state index in [1.165, 1.54) is 12.1 Å². The van der Waals surface area contributed by atoms with Gasteiger partial charge in [0.2, 0.25) is 0 Å². The molecule has 0 radical (unpaired) electrons. The van der Waals surface area contributed by atoms with E-state index < -0.39 is 11.7 Å². The highest BCUT2D eigenvalue weighted by molar-refractivity contribution is 6.90. The third-order valence-electron chi connectivity index (χ3n) is 5.53. The van der Waals surface area contributed by atoms with Crippen molar-refractivity contribution < 1.29 is 13.2 Å². The smallest absolute Gasteiger partial charge is 0.376 e. The molecule has 1 heterocycles. The van der Waals surface area contributed by atoms with E-state index in [4.69, 9.17) is 0 Å². The molecule has 0 aliphatic carbocycles. The van der Waals surface area contributed by atoms with Crippen molar-refractivity contribution in [1.29, 1.82) is 0 Å². The number of benzene rings is 4. The summed E-state index contributed by atoms with van der Waals surface area (Å²) in [6, 6.07) is 31.5. The second-order valence-electron chi connectivity index (χ2n) is 7.34. The van der Waals surface area contributed by atoms with Crippen molar-refractivity contribution in [3.63, 3.8) is 0 Å². The first-order chi connectivity index (χ1) is 14.5. The largest absolute Gasteiger partial charge is 0.416 e. The zero-order valence-electron chi connectivity index (χ0n) is 16.0. The van der Waals surface area contributed by atoms with Gasteiger partial charge in [0.15, 0.2) is 0 Å². The number of hydrogen-bond donors (Lipinski definition) is 0. The summed E-state index contributed by atoms with van der Waals surface area (Å²) in [5.74, 6) is 0. The second-order valence-corrected chi connectivity index (χ2v) is 7.34.